The van der Waals surface area contributed by atoms with Crippen molar-refractivity contribution in [2.45, 2.75) is 12.5 Å². The third kappa shape index (κ3) is 3.10. The van der Waals surface area contributed by atoms with Crippen LogP contribution in [0.25, 0.3) is 33.4 Å². The summed E-state index contributed by atoms with van der Waals surface area (Å²) in [6.45, 7) is 0. The summed E-state index contributed by atoms with van der Waals surface area (Å²) >= 11 is 0. The molecule has 5 rings (SSSR count). The van der Waals surface area contributed by atoms with E-state index in [9.17, 15) is 5.26 Å². The molecule has 9 heteroatoms. The van der Waals surface area contributed by atoms with Crippen molar-refractivity contribution in [3.05, 3.63) is 67.4 Å². The highest BCUT2D eigenvalue weighted by Gasteiger charge is 2.18. The number of nitrogens with one attached hydrogen (secondary N) is 1. The number of aromatic amines is 1. The van der Waals surface area contributed by atoms with Crippen LogP contribution in [0.5, 0.6) is 0 Å². The van der Waals surface area contributed by atoms with Crippen LogP contribution in [0.15, 0.2) is 61.8 Å². The van der Waals surface area contributed by atoms with E-state index in [4.69, 9.17) is 0 Å². The van der Waals surface area contributed by atoms with Gasteiger partial charge in [0.05, 0.1) is 36.6 Å². The molecule has 5 aromatic heterocycles. The van der Waals surface area contributed by atoms with Crippen molar-refractivity contribution in [3.8, 4) is 28.5 Å². The van der Waals surface area contributed by atoms with Crippen LogP contribution in [-0.2, 0) is 7.05 Å². The summed E-state index contributed by atoms with van der Waals surface area (Å²) in [5, 5.41) is 19.1. The lowest BCUT2D eigenvalue weighted by Gasteiger charge is -2.15. The summed E-state index contributed by atoms with van der Waals surface area (Å²) in [6.07, 6.45) is 14.6. The second-order valence-electron chi connectivity index (χ2n) is 6.96. The third-order valence-corrected chi connectivity index (χ3v) is 5.02. The number of hydrogen-bond acceptors (Lipinski definition) is 6. The molecule has 1 N–H and O–H groups in total. The molecule has 1 unspecified atom stereocenters. The fourth-order valence-electron chi connectivity index (χ4n) is 3.55. The molecule has 30 heavy (non-hydrogen) atoms. The number of rotatable bonds is 5. The van der Waals surface area contributed by atoms with Crippen LogP contribution in [0.3, 0.4) is 0 Å². The first-order chi connectivity index (χ1) is 14.7. The van der Waals surface area contributed by atoms with E-state index in [0.29, 0.717) is 0 Å². The second-order valence-corrected chi connectivity index (χ2v) is 6.96. The first-order valence-electron chi connectivity index (χ1n) is 9.36. The summed E-state index contributed by atoms with van der Waals surface area (Å²) in [5.41, 5.74) is 5.25. The van der Waals surface area contributed by atoms with E-state index in [1.54, 1.807) is 34.2 Å². The molecule has 0 aliphatic heterocycles. The molecule has 0 spiro atoms. The molecule has 5 heterocycles. The highest BCUT2D eigenvalue weighted by molar-refractivity contribution is 5.90. The minimum atomic E-state index is -0.267. The van der Waals surface area contributed by atoms with Gasteiger partial charge < -0.3 is 4.98 Å². The average molecular weight is 395 g/mol. The summed E-state index contributed by atoms with van der Waals surface area (Å²) < 4.78 is 3.54. The second kappa shape index (κ2) is 7.25. The molecule has 0 amide bonds. The number of nitrogens with zero attached hydrogens (tertiary/aromatic N) is 8. The SMILES string of the molecule is Cn1cc(-c2cncc(C(CC#N)n3cc(-c4ncnc5[nH]ccc45)cn3)c2)cn1. The topological polar surface area (TPSA) is 114 Å². The number of nitriles is 1. The molecule has 1 atom stereocenters. The number of aryl methyl sites for hydroxylation is 1. The van der Waals surface area contributed by atoms with Crippen LogP contribution < -0.4 is 0 Å². The van der Waals surface area contributed by atoms with Gasteiger partial charge in [-0.15, -0.1) is 0 Å². The summed E-state index contributed by atoms with van der Waals surface area (Å²) in [6, 6.07) is 5.97. The Morgan fingerprint density at radius 1 is 1.07 bits per heavy atom. The van der Waals surface area contributed by atoms with Gasteiger partial charge in [-0.25, -0.2) is 9.97 Å². The van der Waals surface area contributed by atoms with Crippen LogP contribution in [-0.4, -0.2) is 39.5 Å². The largest absolute Gasteiger partial charge is 0.346 e. The Balaban J connectivity index is 1.54. The van der Waals surface area contributed by atoms with Gasteiger partial charge in [-0.3, -0.25) is 14.3 Å². The van der Waals surface area contributed by atoms with Gasteiger partial charge in [0.1, 0.15) is 12.0 Å². The van der Waals surface area contributed by atoms with Crippen molar-refractivity contribution in [2.24, 2.45) is 7.05 Å². The number of aromatic nitrogens is 8. The minimum Gasteiger partial charge on any atom is -0.346 e. The fourth-order valence-corrected chi connectivity index (χ4v) is 3.55. The van der Waals surface area contributed by atoms with Crippen molar-refractivity contribution in [1.82, 2.24) is 39.5 Å². The maximum Gasteiger partial charge on any atom is 0.141 e. The quantitative estimate of drug-likeness (QED) is 0.489. The lowest BCUT2D eigenvalue weighted by molar-refractivity contribution is 0.531. The molecule has 9 nitrogen and oxygen atoms in total. The lowest BCUT2D eigenvalue weighted by atomic mass is 10.0. The van der Waals surface area contributed by atoms with E-state index >= 15 is 0 Å². The van der Waals surface area contributed by atoms with Crippen molar-refractivity contribution in [3.63, 3.8) is 0 Å². The summed E-state index contributed by atoms with van der Waals surface area (Å²) in [5.74, 6) is 0. The Hall–Kier alpha value is -4.32. The highest BCUT2D eigenvalue weighted by Crippen LogP contribution is 2.29. The zero-order valence-electron chi connectivity index (χ0n) is 16.1. The van der Waals surface area contributed by atoms with E-state index in [1.165, 1.54) is 6.33 Å². The Morgan fingerprint density at radius 3 is 2.80 bits per heavy atom. The van der Waals surface area contributed by atoms with Gasteiger partial charge in [-0.2, -0.15) is 15.5 Å². The standard InChI is InChI=1S/C21H17N9/c1-29-11-16(9-27-29)14-6-15(8-23-7-14)19(2-4-22)30-12-17(10-28-30)20-18-3-5-24-21(18)26-13-25-20/h3,5-13,19H,2H2,1H3,(H,24,25,26). The van der Waals surface area contributed by atoms with Crippen molar-refractivity contribution in [2.75, 3.05) is 0 Å². The van der Waals surface area contributed by atoms with Gasteiger partial charge in [0.15, 0.2) is 0 Å². The summed E-state index contributed by atoms with van der Waals surface area (Å²) in [4.78, 5) is 16.1. The first-order valence-corrected chi connectivity index (χ1v) is 9.36. The Bertz CT molecular complexity index is 1370. The minimum absolute atomic E-state index is 0.267. The maximum absolute atomic E-state index is 9.44. The van der Waals surface area contributed by atoms with Crippen LogP contribution in [0, 0.1) is 11.3 Å². The van der Waals surface area contributed by atoms with E-state index in [1.807, 2.05) is 37.8 Å². The highest BCUT2D eigenvalue weighted by atomic mass is 15.3. The maximum atomic E-state index is 9.44. The average Bonchev–Trinajstić information content (AvgIpc) is 3.52. The van der Waals surface area contributed by atoms with Gasteiger partial charge in [-0.05, 0) is 17.7 Å². The van der Waals surface area contributed by atoms with Crippen molar-refractivity contribution >= 4 is 11.0 Å². The molecule has 0 saturated heterocycles. The van der Waals surface area contributed by atoms with E-state index in [2.05, 4.69) is 36.2 Å². The molecule has 0 fully saturated rings. The predicted octanol–water partition coefficient (Wildman–Crippen LogP) is 3.12. The number of hydrogen-bond donors (Lipinski definition) is 1. The molecular weight excluding hydrogens is 378 g/mol. The third-order valence-electron chi connectivity index (χ3n) is 5.02. The van der Waals surface area contributed by atoms with Gasteiger partial charge in [0, 0.05) is 60.1 Å². The fraction of sp³-hybridized carbons (Fsp3) is 0.143. The van der Waals surface area contributed by atoms with Crippen molar-refractivity contribution < 1.29 is 0 Å². The lowest BCUT2D eigenvalue weighted by Crippen LogP contribution is -2.11. The van der Waals surface area contributed by atoms with Crippen molar-refractivity contribution in [1.29, 1.82) is 5.26 Å². The van der Waals surface area contributed by atoms with E-state index < -0.39 is 0 Å². The molecular formula is C21H17N9. The van der Waals surface area contributed by atoms with Gasteiger partial charge in [0.25, 0.3) is 0 Å². The zero-order chi connectivity index (χ0) is 20.5. The Morgan fingerprint density at radius 2 is 1.97 bits per heavy atom. The molecule has 0 saturated carbocycles. The normalized spacial score (nSPS) is 12.1. The molecule has 0 radical (unpaired) electrons. The molecule has 5 aromatic rings. The van der Waals surface area contributed by atoms with Crippen LogP contribution in [0.4, 0.5) is 0 Å². The first kappa shape index (κ1) is 17.8. The molecule has 0 aliphatic carbocycles. The molecule has 146 valence electrons. The van der Waals surface area contributed by atoms with Crippen LogP contribution in [0.2, 0.25) is 0 Å². The number of pyridine rings is 1. The molecule has 0 aliphatic rings. The predicted molar refractivity (Wildman–Crippen MR) is 110 cm³/mol. The van der Waals surface area contributed by atoms with Gasteiger partial charge >= 0.3 is 0 Å². The van der Waals surface area contributed by atoms with Crippen LogP contribution >= 0.6 is 0 Å². The van der Waals surface area contributed by atoms with E-state index in [-0.39, 0.29) is 12.5 Å². The van der Waals surface area contributed by atoms with E-state index in [0.717, 1.165) is 39.0 Å². The zero-order valence-corrected chi connectivity index (χ0v) is 16.1. The molecule has 0 bridgehead atoms. The van der Waals surface area contributed by atoms with Crippen LogP contribution in [0.1, 0.15) is 18.0 Å². The monoisotopic (exact) mass is 395 g/mol. The Labute approximate surface area is 171 Å². The summed E-state index contributed by atoms with van der Waals surface area (Å²) in [7, 11) is 1.87. The van der Waals surface area contributed by atoms with Gasteiger partial charge in [0.2, 0.25) is 0 Å². The molecule has 0 aromatic carbocycles. The Kier molecular flexibility index (Phi) is 4.29. The number of H-pyrrole nitrogens is 1. The van der Waals surface area contributed by atoms with Gasteiger partial charge in [-0.1, -0.05) is 0 Å². The number of fused-ring (bicyclic) bond motifs is 1. The smallest absolute Gasteiger partial charge is 0.141 e.